The van der Waals surface area contributed by atoms with Crippen LogP contribution < -0.4 is 0 Å². The fraction of sp³-hybridized carbons (Fsp3) is 0.516. The summed E-state index contributed by atoms with van der Waals surface area (Å²) in [5.74, 6) is 2.31. The van der Waals surface area contributed by atoms with E-state index in [2.05, 4.69) is 52.9 Å². The maximum atomic E-state index is 12.9. The molecule has 0 aliphatic carbocycles. The van der Waals surface area contributed by atoms with Gasteiger partial charge < -0.3 is 0 Å². The quantitative estimate of drug-likeness (QED) is 0.179. The zero-order chi connectivity index (χ0) is 28.5. The van der Waals surface area contributed by atoms with E-state index in [9.17, 15) is 4.39 Å². The molecule has 210 valence electrons. The molecule has 1 heterocycles. The minimum absolute atomic E-state index is 0.101. The molecule has 0 radical (unpaired) electrons. The van der Waals surface area contributed by atoms with Gasteiger partial charge in [0.2, 0.25) is 0 Å². The lowest BCUT2D eigenvalue weighted by Crippen LogP contribution is -2.28. The molecule has 0 N–H and O–H groups in total. The van der Waals surface area contributed by atoms with Crippen molar-refractivity contribution < 1.29 is 4.39 Å². The lowest BCUT2D eigenvalue weighted by molar-refractivity contribution is 0.308. The van der Waals surface area contributed by atoms with Crippen LogP contribution >= 0.6 is 43.7 Å². The van der Waals surface area contributed by atoms with Gasteiger partial charge in [-0.2, -0.15) is 0 Å². The van der Waals surface area contributed by atoms with Crippen LogP contribution in [0.1, 0.15) is 77.0 Å². The van der Waals surface area contributed by atoms with Gasteiger partial charge in [-0.3, -0.25) is 9.66 Å². The molecule has 1 aliphatic heterocycles. The third-order valence-electron chi connectivity index (χ3n) is 7.39. The molecular weight excluding hydrogens is 553 g/mol. The van der Waals surface area contributed by atoms with Crippen molar-refractivity contribution in [2.75, 3.05) is 25.5 Å². The molecule has 1 saturated heterocycles. The molecule has 1 fully saturated rings. The van der Waals surface area contributed by atoms with E-state index in [0.29, 0.717) is 16.0 Å². The van der Waals surface area contributed by atoms with E-state index in [4.69, 9.17) is 28.2 Å². The smallest absolute Gasteiger partial charge is 0.126 e. The monoisotopic (exact) mass is 596 g/mol. The number of piperidine rings is 1. The summed E-state index contributed by atoms with van der Waals surface area (Å²) in [6.45, 7) is 19.3. The fourth-order valence-electron chi connectivity index (χ4n) is 4.03. The molecule has 0 bridgehead atoms. The van der Waals surface area contributed by atoms with Crippen LogP contribution in [0.3, 0.4) is 0 Å². The Labute approximate surface area is 246 Å². The van der Waals surface area contributed by atoms with Gasteiger partial charge in [-0.05, 0) is 92.6 Å². The van der Waals surface area contributed by atoms with Gasteiger partial charge in [0.1, 0.15) is 5.82 Å². The Balaban J connectivity index is 0.000000384. The summed E-state index contributed by atoms with van der Waals surface area (Å²) in [5, 5.41) is 2.33. The highest BCUT2D eigenvalue weighted by atomic mass is 35.5. The number of thioether (sulfide) groups is 1. The standard InChI is InChI=1S/C21H31Cl2N2PS.C10H13F/c1-15(21(3,4)18-6-7-19(22)20(23)12-18)13-24-16(2)27-14-17-8-10-25(26-5)11-9-17;1-7(2)9-5-4-8(3)10(11)6-9/h6-7,12-13,17,26H,8-11,14H2,1-5H3;4-7H,1-3H3/b15-13+,24-16?;. The van der Waals surface area contributed by atoms with Crippen LogP contribution in [0.4, 0.5) is 4.39 Å². The number of aliphatic imine (C=N–C) groups is 1. The van der Waals surface area contributed by atoms with Crippen molar-refractivity contribution in [1.82, 2.24) is 4.67 Å². The lowest BCUT2D eigenvalue weighted by atomic mass is 9.79. The Bertz CT molecular complexity index is 1110. The molecule has 2 aromatic rings. The molecule has 1 atom stereocenters. The van der Waals surface area contributed by atoms with Crippen LogP contribution in [0.25, 0.3) is 0 Å². The van der Waals surface area contributed by atoms with E-state index >= 15 is 0 Å². The highest BCUT2D eigenvalue weighted by Crippen LogP contribution is 2.35. The minimum atomic E-state index is -0.142. The third-order valence-corrected chi connectivity index (χ3v) is 10.4. The molecule has 0 aromatic heterocycles. The van der Waals surface area contributed by atoms with Gasteiger partial charge in [0.25, 0.3) is 0 Å². The first-order valence-electron chi connectivity index (χ1n) is 13.3. The largest absolute Gasteiger partial charge is 0.285 e. The van der Waals surface area contributed by atoms with Crippen LogP contribution in [0.15, 0.2) is 53.2 Å². The Morgan fingerprint density at radius 3 is 2.34 bits per heavy atom. The number of benzene rings is 2. The van der Waals surface area contributed by atoms with E-state index in [1.165, 1.54) is 37.3 Å². The van der Waals surface area contributed by atoms with Crippen LogP contribution in [-0.2, 0) is 5.41 Å². The van der Waals surface area contributed by atoms with Gasteiger partial charge in [-0.25, -0.2) is 4.39 Å². The summed E-state index contributed by atoms with van der Waals surface area (Å²) in [4.78, 5) is 4.72. The number of aryl methyl sites for hydroxylation is 1. The normalized spacial score (nSPS) is 16.3. The molecule has 0 spiro atoms. The molecule has 1 unspecified atom stereocenters. The number of hydrogen-bond donors (Lipinski definition) is 0. The maximum Gasteiger partial charge on any atom is 0.126 e. The van der Waals surface area contributed by atoms with Gasteiger partial charge >= 0.3 is 0 Å². The number of hydrogen-bond acceptors (Lipinski definition) is 3. The van der Waals surface area contributed by atoms with E-state index < -0.39 is 0 Å². The zero-order valence-electron chi connectivity index (χ0n) is 24.2. The summed E-state index contributed by atoms with van der Waals surface area (Å²) >= 11 is 14.2. The van der Waals surface area contributed by atoms with Crippen molar-refractivity contribution in [2.24, 2.45) is 10.9 Å². The molecule has 2 aromatic carbocycles. The first-order valence-corrected chi connectivity index (χ1v) is 16.5. The van der Waals surface area contributed by atoms with Gasteiger partial charge in [0.15, 0.2) is 0 Å². The SMILES string of the molecule is CPN1CCC(CSC(C)=N/C=C(\C)C(C)(C)c2ccc(Cl)c(Cl)c2)CC1.Cc1ccc(C(C)C)cc1F. The highest BCUT2D eigenvalue weighted by Gasteiger charge is 2.23. The van der Waals surface area contributed by atoms with Gasteiger partial charge in [0.05, 0.1) is 15.1 Å². The summed E-state index contributed by atoms with van der Waals surface area (Å²) in [5.41, 5.74) is 3.99. The van der Waals surface area contributed by atoms with Gasteiger partial charge in [0, 0.05) is 30.5 Å². The van der Waals surface area contributed by atoms with Crippen molar-refractivity contribution in [3.63, 3.8) is 0 Å². The second-order valence-electron chi connectivity index (χ2n) is 10.8. The van der Waals surface area contributed by atoms with Crippen molar-refractivity contribution >= 4 is 48.7 Å². The number of allylic oxidation sites excluding steroid dienone is 1. The topological polar surface area (TPSA) is 15.6 Å². The average Bonchev–Trinajstić information content (AvgIpc) is 2.89. The number of nitrogens with zero attached hydrogens (tertiary/aromatic N) is 2. The Morgan fingerprint density at radius 1 is 1.13 bits per heavy atom. The van der Waals surface area contributed by atoms with Crippen molar-refractivity contribution in [3.05, 3.63) is 80.7 Å². The third kappa shape index (κ3) is 10.3. The van der Waals surface area contributed by atoms with Crippen LogP contribution in [0.2, 0.25) is 10.0 Å². The summed E-state index contributed by atoms with van der Waals surface area (Å²) in [6, 6.07) is 11.3. The Kier molecular flexibility index (Phi) is 13.8. The fourth-order valence-corrected chi connectivity index (χ4v) is 5.97. The lowest BCUT2D eigenvalue weighted by Gasteiger charge is -2.30. The zero-order valence-corrected chi connectivity index (χ0v) is 27.5. The first kappa shape index (κ1) is 33.3. The highest BCUT2D eigenvalue weighted by molar-refractivity contribution is 8.13. The summed E-state index contributed by atoms with van der Waals surface area (Å²) < 4.78 is 15.5. The van der Waals surface area contributed by atoms with Crippen molar-refractivity contribution in [1.29, 1.82) is 0 Å². The Hall–Kier alpha value is -0.900. The van der Waals surface area contributed by atoms with E-state index in [1.54, 1.807) is 13.0 Å². The van der Waals surface area contributed by atoms with Gasteiger partial charge in [-0.1, -0.05) is 77.8 Å². The molecule has 7 heteroatoms. The molecule has 0 saturated carbocycles. The predicted octanol–water partition coefficient (Wildman–Crippen LogP) is 10.5. The molecule has 1 aliphatic rings. The molecule has 2 nitrogen and oxygen atoms in total. The van der Waals surface area contributed by atoms with Crippen LogP contribution in [-0.4, -0.2) is 35.2 Å². The van der Waals surface area contributed by atoms with E-state index in [-0.39, 0.29) is 11.2 Å². The summed E-state index contributed by atoms with van der Waals surface area (Å²) in [6.07, 6.45) is 4.65. The number of rotatable bonds is 7. The maximum absolute atomic E-state index is 12.9. The predicted molar refractivity (Wildman–Crippen MR) is 173 cm³/mol. The van der Waals surface area contributed by atoms with E-state index in [0.717, 1.165) is 36.4 Å². The van der Waals surface area contributed by atoms with Crippen LogP contribution in [0, 0.1) is 18.7 Å². The molecule has 38 heavy (non-hydrogen) atoms. The van der Waals surface area contributed by atoms with Crippen molar-refractivity contribution in [3.8, 4) is 0 Å². The number of halogens is 3. The average molecular weight is 598 g/mol. The Morgan fingerprint density at radius 2 is 1.79 bits per heavy atom. The van der Waals surface area contributed by atoms with E-state index in [1.807, 2.05) is 48.3 Å². The second-order valence-corrected chi connectivity index (χ2v) is 13.9. The molecular formula is C31H44Cl2FN2PS. The first-order chi connectivity index (χ1) is 17.8. The molecule has 0 amide bonds. The van der Waals surface area contributed by atoms with Crippen LogP contribution in [0.5, 0.6) is 0 Å². The van der Waals surface area contributed by atoms with Gasteiger partial charge in [-0.15, -0.1) is 11.8 Å². The summed E-state index contributed by atoms with van der Waals surface area (Å²) in [7, 11) is 0.951. The van der Waals surface area contributed by atoms with Crippen molar-refractivity contribution in [2.45, 2.75) is 72.6 Å². The minimum Gasteiger partial charge on any atom is -0.285 e. The second kappa shape index (κ2) is 15.8. The molecule has 3 rings (SSSR count).